The predicted octanol–water partition coefficient (Wildman–Crippen LogP) is 3.04. The molecule has 0 aromatic heterocycles. The van der Waals surface area contributed by atoms with E-state index in [2.05, 4.69) is 5.43 Å². The van der Waals surface area contributed by atoms with Crippen molar-refractivity contribution in [1.82, 2.24) is 5.43 Å². The fourth-order valence-corrected chi connectivity index (χ4v) is 2.29. The molecule has 2 rings (SSSR count). The molecule has 0 heterocycles. The Bertz CT molecular complexity index is 600. The van der Waals surface area contributed by atoms with E-state index >= 15 is 0 Å². The van der Waals surface area contributed by atoms with E-state index in [0.717, 1.165) is 17.7 Å². The topological polar surface area (TPSA) is 55.1 Å². The van der Waals surface area contributed by atoms with Crippen LogP contribution in [0, 0.1) is 5.92 Å². The summed E-state index contributed by atoms with van der Waals surface area (Å²) < 4.78 is 37.6. The summed E-state index contributed by atoms with van der Waals surface area (Å²) in [4.78, 5) is 11.6. The van der Waals surface area contributed by atoms with Gasteiger partial charge in [-0.05, 0) is 41.7 Å². The molecule has 0 saturated heterocycles. The largest absolute Gasteiger partial charge is 0.416 e. The molecule has 6 heteroatoms. The van der Waals surface area contributed by atoms with Crippen molar-refractivity contribution in [3.05, 3.63) is 53.1 Å². The van der Waals surface area contributed by atoms with Crippen LogP contribution in [-0.4, -0.2) is 5.91 Å². The number of hydrogen-bond acceptors (Lipinski definition) is 2. The lowest BCUT2D eigenvalue weighted by Crippen LogP contribution is -2.32. The van der Waals surface area contributed by atoms with Crippen molar-refractivity contribution in [2.75, 3.05) is 0 Å². The van der Waals surface area contributed by atoms with Crippen molar-refractivity contribution in [2.24, 2.45) is 11.8 Å². The van der Waals surface area contributed by atoms with Crippen LogP contribution in [0.4, 0.5) is 13.2 Å². The molecule has 0 fully saturated rings. The maximum Gasteiger partial charge on any atom is 0.416 e. The Morgan fingerprint density at radius 2 is 1.90 bits per heavy atom. The van der Waals surface area contributed by atoms with Gasteiger partial charge in [0.2, 0.25) is 0 Å². The number of benzene rings is 1. The summed E-state index contributed by atoms with van der Waals surface area (Å²) >= 11 is 0. The van der Waals surface area contributed by atoms with Crippen molar-refractivity contribution < 1.29 is 18.0 Å². The quantitative estimate of drug-likeness (QED) is 0.501. The van der Waals surface area contributed by atoms with Gasteiger partial charge >= 0.3 is 6.18 Å². The van der Waals surface area contributed by atoms with Gasteiger partial charge in [-0.25, -0.2) is 5.84 Å². The van der Waals surface area contributed by atoms with Crippen LogP contribution in [0.25, 0.3) is 5.57 Å². The van der Waals surface area contributed by atoms with Crippen LogP contribution in [0.15, 0.2) is 42.0 Å². The highest BCUT2D eigenvalue weighted by atomic mass is 19.4. The molecule has 0 spiro atoms. The van der Waals surface area contributed by atoms with Crippen LogP contribution in [-0.2, 0) is 11.0 Å². The molecule has 1 aliphatic rings. The minimum atomic E-state index is -4.35. The fourth-order valence-electron chi connectivity index (χ4n) is 2.29. The molecule has 1 unspecified atom stereocenters. The minimum absolute atomic E-state index is 0.111. The molecular formula is C15H15F3N2O. The first kappa shape index (κ1) is 15.3. The number of carbonyl (C=O) groups excluding carboxylic acids is 1. The molecule has 1 aromatic carbocycles. The van der Waals surface area contributed by atoms with E-state index in [1.54, 1.807) is 6.08 Å². The summed E-state index contributed by atoms with van der Waals surface area (Å²) in [6, 6.07) is 4.88. The molecule has 1 aromatic rings. The second-order valence-corrected chi connectivity index (χ2v) is 5.02. The van der Waals surface area contributed by atoms with Gasteiger partial charge in [-0.1, -0.05) is 25.1 Å². The number of amides is 1. The predicted molar refractivity (Wildman–Crippen MR) is 73.6 cm³/mol. The first-order valence-electron chi connectivity index (χ1n) is 6.42. The van der Waals surface area contributed by atoms with Gasteiger partial charge < -0.3 is 0 Å². The first-order chi connectivity index (χ1) is 9.81. The summed E-state index contributed by atoms with van der Waals surface area (Å²) in [7, 11) is 0. The highest BCUT2D eigenvalue weighted by molar-refractivity contribution is 5.97. The summed E-state index contributed by atoms with van der Waals surface area (Å²) in [5, 5.41) is 0. The number of allylic oxidation sites excluding steroid dienone is 3. The van der Waals surface area contributed by atoms with Gasteiger partial charge in [0, 0.05) is 5.57 Å². The zero-order chi connectivity index (χ0) is 15.6. The lowest BCUT2D eigenvalue weighted by Gasteiger charge is -2.18. The summed E-state index contributed by atoms with van der Waals surface area (Å²) in [6.07, 6.45) is -0.221. The first-order valence-corrected chi connectivity index (χ1v) is 6.42. The number of hydrazine groups is 1. The molecule has 1 atom stereocenters. The number of nitrogens with one attached hydrogen (secondary N) is 1. The summed E-state index contributed by atoms with van der Waals surface area (Å²) in [6.45, 7) is 1.93. The van der Waals surface area contributed by atoms with Gasteiger partial charge in [0.15, 0.2) is 0 Å². The van der Waals surface area contributed by atoms with Gasteiger partial charge in [0.25, 0.3) is 5.91 Å². The van der Waals surface area contributed by atoms with Crippen LogP contribution >= 0.6 is 0 Å². The van der Waals surface area contributed by atoms with E-state index < -0.39 is 11.7 Å². The van der Waals surface area contributed by atoms with Crippen LogP contribution in [0.2, 0.25) is 0 Å². The zero-order valence-electron chi connectivity index (χ0n) is 11.4. The molecule has 3 nitrogen and oxygen atoms in total. The SMILES string of the molecule is CC1C=C(c2ccc(C(F)(F)F)cc2)C=C(C(=O)NN)C1. The molecule has 0 radical (unpaired) electrons. The third-order valence-corrected chi connectivity index (χ3v) is 3.30. The maximum absolute atomic E-state index is 12.5. The maximum atomic E-state index is 12.5. The van der Waals surface area contributed by atoms with Gasteiger partial charge in [0.05, 0.1) is 5.56 Å². The number of nitrogens with two attached hydrogens (primary N) is 1. The van der Waals surface area contributed by atoms with Gasteiger partial charge in [0.1, 0.15) is 0 Å². The number of carbonyl (C=O) groups is 1. The van der Waals surface area contributed by atoms with Crippen molar-refractivity contribution in [1.29, 1.82) is 0 Å². The normalized spacial score (nSPS) is 18.8. The molecule has 1 amide bonds. The third kappa shape index (κ3) is 3.52. The number of alkyl halides is 3. The highest BCUT2D eigenvalue weighted by Gasteiger charge is 2.30. The van der Waals surface area contributed by atoms with Crippen LogP contribution in [0.3, 0.4) is 0 Å². The highest BCUT2D eigenvalue weighted by Crippen LogP contribution is 2.32. The average Bonchev–Trinajstić information content (AvgIpc) is 2.45. The number of halogens is 3. The molecule has 0 bridgehead atoms. The molecule has 0 aliphatic heterocycles. The fraction of sp³-hybridized carbons (Fsp3) is 0.267. The van der Waals surface area contributed by atoms with Crippen LogP contribution < -0.4 is 11.3 Å². The Morgan fingerprint density at radius 1 is 1.29 bits per heavy atom. The van der Waals surface area contributed by atoms with Gasteiger partial charge in [-0.15, -0.1) is 0 Å². The molecule has 3 N–H and O–H groups in total. The third-order valence-electron chi connectivity index (χ3n) is 3.30. The van der Waals surface area contributed by atoms with Crippen LogP contribution in [0.1, 0.15) is 24.5 Å². The monoisotopic (exact) mass is 296 g/mol. The molecule has 112 valence electrons. The van der Waals surface area contributed by atoms with Gasteiger partial charge in [-0.2, -0.15) is 13.2 Å². The smallest absolute Gasteiger partial charge is 0.290 e. The Balaban J connectivity index is 2.32. The van der Waals surface area contributed by atoms with Crippen molar-refractivity contribution in [3.8, 4) is 0 Å². The molecule has 1 aliphatic carbocycles. The Morgan fingerprint density at radius 3 is 2.43 bits per heavy atom. The summed E-state index contributed by atoms with van der Waals surface area (Å²) in [5.74, 6) is 4.85. The van der Waals surface area contributed by atoms with Crippen molar-refractivity contribution in [2.45, 2.75) is 19.5 Å². The van der Waals surface area contributed by atoms with E-state index in [1.165, 1.54) is 12.1 Å². The Labute approximate surface area is 120 Å². The van der Waals surface area contributed by atoms with Crippen molar-refractivity contribution >= 4 is 11.5 Å². The zero-order valence-corrected chi connectivity index (χ0v) is 11.4. The average molecular weight is 296 g/mol. The number of hydrogen-bond donors (Lipinski definition) is 2. The second-order valence-electron chi connectivity index (χ2n) is 5.02. The Kier molecular flexibility index (Phi) is 4.18. The molecular weight excluding hydrogens is 281 g/mol. The van der Waals surface area contributed by atoms with E-state index in [4.69, 9.17) is 5.84 Å². The van der Waals surface area contributed by atoms with E-state index in [1.807, 2.05) is 13.0 Å². The lowest BCUT2D eigenvalue weighted by molar-refractivity contribution is -0.137. The van der Waals surface area contributed by atoms with Crippen LogP contribution in [0.5, 0.6) is 0 Å². The number of rotatable bonds is 2. The van der Waals surface area contributed by atoms with E-state index in [-0.39, 0.29) is 11.8 Å². The van der Waals surface area contributed by atoms with Gasteiger partial charge in [-0.3, -0.25) is 10.2 Å². The molecule has 0 saturated carbocycles. The van der Waals surface area contributed by atoms with E-state index in [9.17, 15) is 18.0 Å². The lowest BCUT2D eigenvalue weighted by atomic mass is 9.88. The molecule has 21 heavy (non-hydrogen) atoms. The Hall–Kier alpha value is -2.08. The van der Waals surface area contributed by atoms with Crippen molar-refractivity contribution in [3.63, 3.8) is 0 Å². The standard InChI is InChI=1S/C15H15F3N2O/c1-9-6-11(8-12(7-9)14(21)20-19)10-2-4-13(5-3-10)15(16,17)18/h2-6,8-9H,7,19H2,1H3,(H,20,21). The summed E-state index contributed by atoms with van der Waals surface area (Å²) in [5.41, 5.74) is 3.25. The van der Waals surface area contributed by atoms with E-state index in [0.29, 0.717) is 17.6 Å². The minimum Gasteiger partial charge on any atom is -0.290 e. The second kappa shape index (κ2) is 5.73.